The Labute approximate surface area is 92.4 Å². The zero-order valence-corrected chi connectivity index (χ0v) is 10.4. The molecule has 0 bridgehead atoms. The first-order chi connectivity index (χ1) is 6.81. The van der Waals surface area contributed by atoms with E-state index in [2.05, 4.69) is 27.7 Å². The molecule has 0 radical (unpaired) electrons. The average molecular weight is 210 g/mol. The Morgan fingerprint density at radius 2 is 2.07 bits per heavy atom. The zero-order chi connectivity index (χ0) is 11.8. The van der Waals surface area contributed by atoms with Crippen molar-refractivity contribution in [2.45, 2.75) is 53.6 Å². The quantitative estimate of drug-likeness (QED) is 0.761. The number of hydrogen-bond donors (Lipinski definition) is 1. The molecule has 0 spiro atoms. The highest BCUT2D eigenvalue weighted by molar-refractivity contribution is 6.00. The Hall–Kier alpha value is -0.630. The highest BCUT2D eigenvalue weighted by atomic mass is 16.3. The first-order valence-corrected chi connectivity index (χ1v) is 5.74. The van der Waals surface area contributed by atoms with E-state index >= 15 is 0 Å². The molecule has 0 fully saturated rings. The molecule has 1 rings (SSSR count). The van der Waals surface area contributed by atoms with Gasteiger partial charge in [-0.15, -0.1) is 0 Å². The van der Waals surface area contributed by atoms with Gasteiger partial charge in [-0.2, -0.15) is 0 Å². The summed E-state index contributed by atoms with van der Waals surface area (Å²) in [5.41, 5.74) is 1.97. The Kier molecular flexibility index (Phi) is 3.39. The third-order valence-corrected chi connectivity index (χ3v) is 3.61. The van der Waals surface area contributed by atoms with Gasteiger partial charge in [0.25, 0.3) is 0 Å². The van der Waals surface area contributed by atoms with E-state index in [0.717, 1.165) is 12.0 Å². The lowest BCUT2D eigenvalue weighted by Crippen LogP contribution is -2.38. The second-order valence-corrected chi connectivity index (χ2v) is 5.32. The van der Waals surface area contributed by atoms with E-state index in [9.17, 15) is 9.90 Å². The number of carbonyl (C=O) groups is 1. The summed E-state index contributed by atoms with van der Waals surface area (Å²) in [4.78, 5) is 11.7. The molecule has 2 unspecified atom stereocenters. The highest BCUT2D eigenvalue weighted by Gasteiger charge is 2.39. The fourth-order valence-corrected chi connectivity index (χ4v) is 2.82. The summed E-state index contributed by atoms with van der Waals surface area (Å²) in [6.07, 6.45) is 0.801. The second-order valence-electron chi connectivity index (χ2n) is 5.32. The number of hydrogen-bond acceptors (Lipinski definition) is 2. The molecule has 0 saturated heterocycles. The third kappa shape index (κ3) is 2.15. The molecule has 86 valence electrons. The van der Waals surface area contributed by atoms with Crippen LogP contribution in [-0.4, -0.2) is 17.0 Å². The first kappa shape index (κ1) is 12.4. The maximum atomic E-state index is 11.7. The van der Waals surface area contributed by atoms with E-state index in [-0.39, 0.29) is 11.2 Å². The molecule has 2 heteroatoms. The van der Waals surface area contributed by atoms with Crippen LogP contribution < -0.4 is 0 Å². The van der Waals surface area contributed by atoms with Crippen molar-refractivity contribution in [3.8, 4) is 0 Å². The lowest BCUT2D eigenvalue weighted by Gasteiger charge is -2.39. The molecule has 0 saturated carbocycles. The van der Waals surface area contributed by atoms with Crippen molar-refractivity contribution in [2.24, 2.45) is 11.3 Å². The van der Waals surface area contributed by atoms with Gasteiger partial charge in [0.2, 0.25) is 0 Å². The lowest BCUT2D eigenvalue weighted by atomic mass is 9.66. The minimum absolute atomic E-state index is 0.0488. The van der Waals surface area contributed by atoms with Crippen LogP contribution in [0.15, 0.2) is 11.1 Å². The van der Waals surface area contributed by atoms with Gasteiger partial charge < -0.3 is 5.11 Å². The van der Waals surface area contributed by atoms with Crippen molar-refractivity contribution in [3.05, 3.63) is 11.1 Å². The minimum atomic E-state index is -0.798. The smallest absolute Gasteiger partial charge is 0.186 e. The molecule has 1 aliphatic carbocycles. The van der Waals surface area contributed by atoms with Crippen molar-refractivity contribution < 1.29 is 9.90 Å². The molecule has 0 aromatic carbocycles. The van der Waals surface area contributed by atoms with E-state index in [1.165, 1.54) is 5.57 Å². The fourth-order valence-electron chi connectivity index (χ4n) is 2.82. The molecule has 1 N–H and O–H groups in total. The van der Waals surface area contributed by atoms with Crippen molar-refractivity contribution in [3.63, 3.8) is 0 Å². The van der Waals surface area contributed by atoms with E-state index in [1.807, 2.05) is 6.92 Å². The monoisotopic (exact) mass is 210 g/mol. The van der Waals surface area contributed by atoms with Gasteiger partial charge in [-0.05, 0) is 36.7 Å². The van der Waals surface area contributed by atoms with Crippen LogP contribution in [0, 0.1) is 11.3 Å². The van der Waals surface area contributed by atoms with E-state index < -0.39 is 6.10 Å². The zero-order valence-electron chi connectivity index (χ0n) is 10.4. The number of aliphatic hydroxyl groups excluding tert-OH is 1. The van der Waals surface area contributed by atoms with Crippen LogP contribution in [0.25, 0.3) is 0 Å². The summed E-state index contributed by atoms with van der Waals surface area (Å²) >= 11 is 0. The number of rotatable bonds is 2. The van der Waals surface area contributed by atoms with Crippen LogP contribution in [0.2, 0.25) is 0 Å². The molecular formula is C13H22O2. The van der Waals surface area contributed by atoms with E-state index in [4.69, 9.17) is 0 Å². The fraction of sp³-hybridized carbons (Fsp3) is 0.769. The molecule has 2 nitrogen and oxygen atoms in total. The lowest BCUT2D eigenvalue weighted by molar-refractivity contribution is -0.125. The van der Waals surface area contributed by atoms with Crippen LogP contribution in [0.4, 0.5) is 0 Å². The van der Waals surface area contributed by atoms with Gasteiger partial charge >= 0.3 is 0 Å². The van der Waals surface area contributed by atoms with Gasteiger partial charge in [0, 0.05) is 0 Å². The standard InChI is InChI=1S/C13H22O2/c1-6-8(2)11-9(3)12(15)10(14)7-13(11,4)5/h8,10,14H,6-7H2,1-5H3. The molecule has 0 heterocycles. The Bertz CT molecular complexity index is 300. The number of ketones is 1. The molecule has 0 aromatic heterocycles. The maximum absolute atomic E-state index is 11.7. The summed E-state index contributed by atoms with van der Waals surface area (Å²) in [6, 6.07) is 0. The van der Waals surface area contributed by atoms with Crippen LogP contribution in [0.1, 0.15) is 47.5 Å². The average Bonchev–Trinajstić information content (AvgIpc) is 2.13. The predicted molar refractivity (Wildman–Crippen MR) is 61.6 cm³/mol. The molecule has 2 atom stereocenters. The molecule has 0 aliphatic heterocycles. The SMILES string of the molecule is CCC(C)C1=C(C)C(=O)C(O)CC1(C)C. The molecule has 0 amide bonds. The van der Waals surface area contributed by atoms with Crippen LogP contribution in [0.3, 0.4) is 0 Å². The maximum Gasteiger partial charge on any atom is 0.186 e. The molecule has 15 heavy (non-hydrogen) atoms. The van der Waals surface area contributed by atoms with Gasteiger partial charge in [-0.25, -0.2) is 0 Å². The van der Waals surface area contributed by atoms with Crippen LogP contribution in [-0.2, 0) is 4.79 Å². The topological polar surface area (TPSA) is 37.3 Å². The van der Waals surface area contributed by atoms with Gasteiger partial charge in [0.05, 0.1) is 0 Å². The predicted octanol–water partition coefficient (Wildman–Crippen LogP) is 2.71. The van der Waals surface area contributed by atoms with Gasteiger partial charge in [-0.1, -0.05) is 33.3 Å². The highest BCUT2D eigenvalue weighted by Crippen LogP contribution is 2.43. The number of aliphatic hydroxyl groups is 1. The van der Waals surface area contributed by atoms with Crippen molar-refractivity contribution in [1.82, 2.24) is 0 Å². The van der Waals surface area contributed by atoms with E-state index in [0.29, 0.717) is 12.3 Å². The van der Waals surface area contributed by atoms with Gasteiger partial charge in [0.15, 0.2) is 5.78 Å². The summed E-state index contributed by atoms with van der Waals surface area (Å²) in [6.45, 7) is 10.4. The van der Waals surface area contributed by atoms with Crippen molar-refractivity contribution in [2.75, 3.05) is 0 Å². The van der Waals surface area contributed by atoms with Gasteiger partial charge in [0.1, 0.15) is 6.10 Å². The minimum Gasteiger partial charge on any atom is -0.385 e. The summed E-state index contributed by atoms with van der Waals surface area (Å²) in [5, 5.41) is 9.67. The number of carbonyl (C=O) groups excluding carboxylic acids is 1. The molecule has 0 aromatic rings. The molecule has 1 aliphatic rings. The van der Waals surface area contributed by atoms with Crippen LogP contribution >= 0.6 is 0 Å². The van der Waals surface area contributed by atoms with Crippen molar-refractivity contribution >= 4 is 5.78 Å². The third-order valence-electron chi connectivity index (χ3n) is 3.61. The summed E-state index contributed by atoms with van der Waals surface area (Å²) in [5.74, 6) is 0.348. The Morgan fingerprint density at radius 3 is 2.53 bits per heavy atom. The Balaban J connectivity index is 3.21. The van der Waals surface area contributed by atoms with Crippen molar-refractivity contribution in [1.29, 1.82) is 0 Å². The van der Waals surface area contributed by atoms with Crippen LogP contribution in [0.5, 0.6) is 0 Å². The second kappa shape index (κ2) is 4.09. The number of allylic oxidation sites excluding steroid dienone is 1. The van der Waals surface area contributed by atoms with E-state index in [1.54, 1.807) is 0 Å². The Morgan fingerprint density at radius 1 is 1.53 bits per heavy atom. The molecular weight excluding hydrogens is 188 g/mol. The summed E-state index contributed by atoms with van der Waals surface area (Å²) < 4.78 is 0. The number of Topliss-reactive ketones (excluding diaryl/α,β-unsaturated/α-hetero) is 1. The van der Waals surface area contributed by atoms with Gasteiger partial charge in [-0.3, -0.25) is 4.79 Å². The normalized spacial score (nSPS) is 28.1. The summed E-state index contributed by atoms with van der Waals surface area (Å²) in [7, 11) is 0. The first-order valence-electron chi connectivity index (χ1n) is 5.74. The largest absolute Gasteiger partial charge is 0.385 e.